The van der Waals surface area contributed by atoms with Gasteiger partial charge in [-0.15, -0.1) is 5.10 Å². The fraction of sp³-hybridized carbons (Fsp3) is 0. The Labute approximate surface area is 89.6 Å². The number of hydrogen-bond acceptors (Lipinski definition) is 5. The molecule has 2 aromatic heterocycles. The van der Waals surface area contributed by atoms with Gasteiger partial charge in [0.15, 0.2) is 11.5 Å². The molecule has 0 radical (unpaired) electrons. The Morgan fingerprint density at radius 2 is 2.31 bits per heavy atom. The number of nitriles is 1. The molecule has 0 spiro atoms. The van der Waals surface area contributed by atoms with Crippen LogP contribution in [0.2, 0.25) is 0 Å². The van der Waals surface area contributed by atoms with Crippen molar-refractivity contribution in [3.63, 3.8) is 0 Å². The van der Waals surface area contributed by atoms with Crippen molar-refractivity contribution in [2.45, 2.75) is 0 Å². The standard InChI is InChI=1S/C9H5N5O2/c10-5-6-1-3-11-12-8(6)14-4-2-7(13-14)9(15)16/h1-4H,(H,15,16). The minimum Gasteiger partial charge on any atom is -0.476 e. The maximum atomic E-state index is 10.6. The number of aromatic carboxylic acids is 1. The van der Waals surface area contributed by atoms with Crippen LogP contribution in [-0.4, -0.2) is 31.1 Å². The molecule has 0 amide bonds. The SMILES string of the molecule is N#Cc1ccnnc1-n1ccc(C(=O)O)n1. The number of carboxylic acids is 1. The van der Waals surface area contributed by atoms with Crippen molar-refractivity contribution in [2.24, 2.45) is 0 Å². The smallest absolute Gasteiger partial charge is 0.356 e. The summed E-state index contributed by atoms with van der Waals surface area (Å²) in [7, 11) is 0. The second kappa shape index (κ2) is 3.78. The van der Waals surface area contributed by atoms with Crippen LogP contribution in [0.1, 0.15) is 16.1 Å². The maximum Gasteiger partial charge on any atom is 0.356 e. The van der Waals surface area contributed by atoms with E-state index in [4.69, 9.17) is 10.4 Å². The first-order valence-corrected chi connectivity index (χ1v) is 4.23. The van der Waals surface area contributed by atoms with Crippen LogP contribution in [0.15, 0.2) is 24.5 Å². The van der Waals surface area contributed by atoms with Gasteiger partial charge >= 0.3 is 5.97 Å². The third kappa shape index (κ3) is 1.59. The van der Waals surface area contributed by atoms with Gasteiger partial charge in [-0.3, -0.25) is 0 Å². The molecule has 78 valence electrons. The molecule has 16 heavy (non-hydrogen) atoms. The maximum absolute atomic E-state index is 10.6. The highest BCUT2D eigenvalue weighted by atomic mass is 16.4. The molecule has 0 fully saturated rings. The molecule has 2 aromatic rings. The van der Waals surface area contributed by atoms with Crippen molar-refractivity contribution in [2.75, 3.05) is 0 Å². The fourth-order valence-electron chi connectivity index (χ4n) is 1.14. The van der Waals surface area contributed by atoms with Crippen LogP contribution < -0.4 is 0 Å². The molecule has 2 heterocycles. The Morgan fingerprint density at radius 3 is 2.94 bits per heavy atom. The van der Waals surface area contributed by atoms with Crippen LogP contribution >= 0.6 is 0 Å². The molecule has 0 aliphatic carbocycles. The first-order chi connectivity index (χ1) is 7.72. The normalized spacial score (nSPS) is 9.69. The molecule has 0 saturated carbocycles. The first kappa shape index (κ1) is 9.79. The highest BCUT2D eigenvalue weighted by Crippen LogP contribution is 2.08. The van der Waals surface area contributed by atoms with E-state index in [0.717, 1.165) is 0 Å². The van der Waals surface area contributed by atoms with Gasteiger partial charge in [0, 0.05) is 6.20 Å². The van der Waals surface area contributed by atoms with E-state index in [0.29, 0.717) is 0 Å². The average Bonchev–Trinajstić information content (AvgIpc) is 2.78. The van der Waals surface area contributed by atoms with Gasteiger partial charge < -0.3 is 5.11 Å². The van der Waals surface area contributed by atoms with Gasteiger partial charge in [-0.05, 0) is 12.1 Å². The van der Waals surface area contributed by atoms with Crippen molar-refractivity contribution in [1.29, 1.82) is 5.26 Å². The van der Waals surface area contributed by atoms with Crippen LogP contribution in [0.25, 0.3) is 5.82 Å². The molecule has 0 unspecified atom stereocenters. The van der Waals surface area contributed by atoms with E-state index in [1.54, 1.807) is 0 Å². The van der Waals surface area contributed by atoms with Crippen molar-refractivity contribution in [1.82, 2.24) is 20.0 Å². The van der Waals surface area contributed by atoms with Crippen molar-refractivity contribution in [3.8, 4) is 11.9 Å². The van der Waals surface area contributed by atoms with Crippen molar-refractivity contribution in [3.05, 3.63) is 35.8 Å². The van der Waals surface area contributed by atoms with Gasteiger partial charge in [0.1, 0.15) is 11.6 Å². The lowest BCUT2D eigenvalue weighted by Crippen LogP contribution is -2.05. The van der Waals surface area contributed by atoms with Crippen LogP contribution in [-0.2, 0) is 0 Å². The Kier molecular flexibility index (Phi) is 2.31. The number of nitrogens with zero attached hydrogens (tertiary/aromatic N) is 5. The Morgan fingerprint density at radius 1 is 1.50 bits per heavy atom. The topological polar surface area (TPSA) is 105 Å². The predicted octanol–water partition coefficient (Wildman–Crippen LogP) is 0.232. The minimum absolute atomic E-state index is 0.116. The van der Waals surface area contributed by atoms with E-state index in [1.165, 1.54) is 29.2 Å². The summed E-state index contributed by atoms with van der Waals surface area (Å²) < 4.78 is 1.20. The van der Waals surface area contributed by atoms with Crippen LogP contribution in [0, 0.1) is 11.3 Å². The summed E-state index contributed by atoms with van der Waals surface area (Å²) >= 11 is 0. The monoisotopic (exact) mass is 215 g/mol. The zero-order valence-electron chi connectivity index (χ0n) is 7.90. The minimum atomic E-state index is -1.14. The molecule has 2 rings (SSSR count). The Hall–Kier alpha value is -2.75. The molecular formula is C9H5N5O2. The molecular weight excluding hydrogens is 210 g/mol. The van der Waals surface area contributed by atoms with Gasteiger partial charge in [0.2, 0.25) is 0 Å². The molecule has 0 aromatic carbocycles. The summed E-state index contributed by atoms with van der Waals surface area (Å²) in [5.41, 5.74) is 0.157. The van der Waals surface area contributed by atoms with Crippen molar-refractivity contribution < 1.29 is 9.90 Å². The van der Waals surface area contributed by atoms with Crippen LogP contribution in [0.3, 0.4) is 0 Å². The molecule has 1 N–H and O–H groups in total. The van der Waals surface area contributed by atoms with E-state index in [2.05, 4.69) is 15.3 Å². The zero-order valence-corrected chi connectivity index (χ0v) is 7.90. The largest absolute Gasteiger partial charge is 0.476 e. The lowest BCUT2D eigenvalue weighted by atomic mass is 10.3. The summed E-state index contributed by atoms with van der Waals surface area (Å²) in [6.45, 7) is 0. The van der Waals surface area contributed by atoms with Crippen LogP contribution in [0.4, 0.5) is 0 Å². The molecule has 0 saturated heterocycles. The van der Waals surface area contributed by atoms with Crippen LogP contribution in [0.5, 0.6) is 0 Å². The molecule has 7 heteroatoms. The number of rotatable bonds is 2. The van der Waals surface area contributed by atoms with Crippen molar-refractivity contribution >= 4 is 5.97 Å². The summed E-state index contributed by atoms with van der Waals surface area (Å²) in [5, 5.41) is 28.6. The van der Waals surface area contributed by atoms with Gasteiger partial charge in [-0.25, -0.2) is 9.48 Å². The van der Waals surface area contributed by atoms with Gasteiger partial charge in [0.25, 0.3) is 0 Å². The molecule has 0 aliphatic heterocycles. The predicted molar refractivity (Wildman–Crippen MR) is 50.8 cm³/mol. The van der Waals surface area contributed by atoms with Gasteiger partial charge in [-0.1, -0.05) is 0 Å². The molecule has 0 bridgehead atoms. The molecule has 7 nitrogen and oxygen atoms in total. The summed E-state index contributed by atoms with van der Waals surface area (Å²) in [5.74, 6) is -0.932. The van der Waals surface area contributed by atoms with Gasteiger partial charge in [-0.2, -0.15) is 15.5 Å². The summed E-state index contributed by atoms with van der Waals surface area (Å²) in [6.07, 6.45) is 2.79. The lowest BCUT2D eigenvalue weighted by molar-refractivity contribution is 0.0690. The first-order valence-electron chi connectivity index (χ1n) is 4.23. The molecule has 0 aliphatic rings. The van der Waals surface area contributed by atoms with E-state index < -0.39 is 5.97 Å². The summed E-state index contributed by atoms with van der Waals surface area (Å²) in [6, 6.07) is 4.72. The average molecular weight is 215 g/mol. The Balaban J connectivity index is 2.51. The second-order valence-electron chi connectivity index (χ2n) is 2.83. The third-order valence-electron chi connectivity index (χ3n) is 1.85. The lowest BCUT2D eigenvalue weighted by Gasteiger charge is -1.99. The quantitative estimate of drug-likeness (QED) is 0.768. The van der Waals surface area contributed by atoms with E-state index in [9.17, 15) is 4.79 Å². The number of carbonyl (C=O) groups is 1. The highest BCUT2D eigenvalue weighted by Gasteiger charge is 2.11. The second-order valence-corrected chi connectivity index (χ2v) is 2.83. The summed E-state index contributed by atoms with van der Waals surface area (Å²) in [4.78, 5) is 10.6. The third-order valence-corrected chi connectivity index (χ3v) is 1.85. The van der Waals surface area contributed by atoms with E-state index in [1.807, 2.05) is 6.07 Å². The fourth-order valence-corrected chi connectivity index (χ4v) is 1.14. The van der Waals surface area contributed by atoms with E-state index >= 15 is 0 Å². The highest BCUT2D eigenvalue weighted by molar-refractivity contribution is 5.85. The number of aromatic nitrogens is 4. The van der Waals surface area contributed by atoms with E-state index in [-0.39, 0.29) is 17.1 Å². The molecule has 0 atom stereocenters. The number of carboxylic acid groups (broad SMARTS) is 1. The zero-order chi connectivity index (χ0) is 11.5. The van der Waals surface area contributed by atoms with Gasteiger partial charge in [0.05, 0.1) is 6.20 Å². The number of hydrogen-bond donors (Lipinski definition) is 1. The Bertz CT molecular complexity index is 584.